The third-order valence-corrected chi connectivity index (χ3v) is 1.81. The third kappa shape index (κ3) is 2.59. The first-order valence-corrected chi connectivity index (χ1v) is 4.28. The average Bonchev–Trinajstić information content (AvgIpc) is 2.59. The van der Waals surface area contributed by atoms with Gasteiger partial charge in [-0.15, -0.1) is 0 Å². The number of nitrogens with one attached hydrogen (secondary N) is 1. The van der Waals surface area contributed by atoms with E-state index in [1.165, 1.54) is 0 Å². The molecule has 1 atom stereocenters. The zero-order valence-corrected chi connectivity index (χ0v) is 8.19. The molecule has 1 aromatic rings. The van der Waals surface area contributed by atoms with Crippen LogP contribution in [0.3, 0.4) is 0 Å². The molecule has 0 saturated carbocycles. The lowest BCUT2D eigenvalue weighted by Crippen LogP contribution is -2.27. The van der Waals surface area contributed by atoms with Crippen LogP contribution in [0.2, 0.25) is 0 Å². The van der Waals surface area contributed by atoms with Gasteiger partial charge in [0.1, 0.15) is 5.92 Å². The van der Waals surface area contributed by atoms with Crippen molar-refractivity contribution >= 4 is 5.91 Å². The van der Waals surface area contributed by atoms with Crippen LogP contribution in [-0.2, 0) is 18.4 Å². The highest BCUT2D eigenvalue weighted by Crippen LogP contribution is 1.97. The van der Waals surface area contributed by atoms with Crippen LogP contribution in [0.1, 0.15) is 12.5 Å². The van der Waals surface area contributed by atoms with E-state index in [0.717, 1.165) is 5.56 Å². The number of aromatic nitrogens is 2. The molecule has 1 aromatic heterocycles. The Kier molecular flexibility index (Phi) is 3.24. The van der Waals surface area contributed by atoms with Crippen LogP contribution in [0.25, 0.3) is 0 Å². The van der Waals surface area contributed by atoms with Crippen molar-refractivity contribution in [2.75, 3.05) is 0 Å². The topological polar surface area (TPSA) is 70.7 Å². The summed E-state index contributed by atoms with van der Waals surface area (Å²) in [5, 5.41) is 15.1. The SMILES string of the molecule is CC(C#N)C(=O)NCc1cnn(C)c1. The van der Waals surface area contributed by atoms with E-state index in [-0.39, 0.29) is 5.91 Å². The summed E-state index contributed by atoms with van der Waals surface area (Å²) in [6, 6.07) is 1.87. The molecule has 0 aromatic carbocycles. The Balaban J connectivity index is 2.42. The van der Waals surface area contributed by atoms with E-state index in [1.54, 1.807) is 17.8 Å². The molecule has 0 aliphatic carbocycles. The minimum absolute atomic E-state index is 0.253. The number of carbonyl (C=O) groups is 1. The van der Waals surface area contributed by atoms with Crippen LogP contribution in [-0.4, -0.2) is 15.7 Å². The standard InChI is InChI=1S/C9H12N4O/c1-7(3-10)9(14)11-4-8-5-12-13(2)6-8/h5-7H,4H2,1-2H3,(H,11,14). The molecule has 0 aliphatic rings. The number of nitriles is 1. The van der Waals surface area contributed by atoms with Gasteiger partial charge in [0.25, 0.3) is 0 Å². The Morgan fingerprint density at radius 3 is 3.07 bits per heavy atom. The second kappa shape index (κ2) is 4.42. The number of rotatable bonds is 3. The lowest BCUT2D eigenvalue weighted by Gasteiger charge is -2.03. The molecular formula is C9H12N4O. The summed E-state index contributed by atoms with van der Waals surface area (Å²) in [7, 11) is 1.81. The lowest BCUT2D eigenvalue weighted by atomic mass is 10.2. The van der Waals surface area contributed by atoms with Gasteiger partial charge in [-0.3, -0.25) is 9.48 Å². The van der Waals surface area contributed by atoms with E-state index in [1.807, 2.05) is 19.3 Å². The van der Waals surface area contributed by atoms with Crippen LogP contribution in [0.5, 0.6) is 0 Å². The molecule has 0 saturated heterocycles. The molecule has 1 unspecified atom stereocenters. The van der Waals surface area contributed by atoms with E-state index in [9.17, 15) is 4.79 Å². The molecule has 1 amide bonds. The average molecular weight is 192 g/mol. The van der Waals surface area contributed by atoms with Crippen molar-refractivity contribution in [3.05, 3.63) is 18.0 Å². The number of nitrogens with zero attached hydrogens (tertiary/aromatic N) is 3. The molecule has 1 N–H and O–H groups in total. The normalized spacial score (nSPS) is 11.8. The Hall–Kier alpha value is -1.83. The first-order valence-electron chi connectivity index (χ1n) is 4.28. The monoisotopic (exact) mass is 192 g/mol. The van der Waals surface area contributed by atoms with Crippen molar-refractivity contribution in [1.29, 1.82) is 5.26 Å². The number of hydrogen-bond acceptors (Lipinski definition) is 3. The van der Waals surface area contributed by atoms with Gasteiger partial charge in [-0.05, 0) is 6.92 Å². The molecular weight excluding hydrogens is 180 g/mol. The zero-order chi connectivity index (χ0) is 10.6. The lowest BCUT2D eigenvalue weighted by molar-refractivity contribution is -0.123. The van der Waals surface area contributed by atoms with Crippen molar-refractivity contribution in [3.8, 4) is 6.07 Å². The summed E-state index contributed by atoms with van der Waals surface area (Å²) < 4.78 is 1.66. The van der Waals surface area contributed by atoms with Gasteiger partial charge in [-0.25, -0.2) is 0 Å². The molecule has 5 heteroatoms. The van der Waals surface area contributed by atoms with Crippen molar-refractivity contribution in [3.63, 3.8) is 0 Å². The predicted octanol–water partition coefficient (Wildman–Crippen LogP) is 0.196. The van der Waals surface area contributed by atoms with Gasteiger partial charge >= 0.3 is 0 Å². The molecule has 0 bridgehead atoms. The molecule has 1 rings (SSSR count). The maximum atomic E-state index is 11.2. The van der Waals surface area contributed by atoms with Crippen LogP contribution >= 0.6 is 0 Å². The number of amides is 1. The molecule has 1 heterocycles. The van der Waals surface area contributed by atoms with Crippen molar-refractivity contribution < 1.29 is 4.79 Å². The van der Waals surface area contributed by atoms with Crippen LogP contribution in [0.15, 0.2) is 12.4 Å². The maximum Gasteiger partial charge on any atom is 0.237 e. The van der Waals surface area contributed by atoms with Gasteiger partial charge < -0.3 is 5.32 Å². The number of hydrogen-bond donors (Lipinski definition) is 1. The van der Waals surface area contributed by atoms with Gasteiger partial charge in [-0.1, -0.05) is 0 Å². The van der Waals surface area contributed by atoms with Gasteiger partial charge in [0.2, 0.25) is 5.91 Å². The van der Waals surface area contributed by atoms with E-state index >= 15 is 0 Å². The Morgan fingerprint density at radius 2 is 2.57 bits per heavy atom. The second-order valence-corrected chi connectivity index (χ2v) is 3.09. The highest BCUT2D eigenvalue weighted by molar-refractivity contribution is 5.80. The molecule has 74 valence electrons. The fraction of sp³-hybridized carbons (Fsp3) is 0.444. The van der Waals surface area contributed by atoms with Gasteiger partial charge in [-0.2, -0.15) is 10.4 Å². The van der Waals surface area contributed by atoms with E-state index in [2.05, 4.69) is 10.4 Å². The fourth-order valence-electron chi connectivity index (χ4n) is 0.964. The predicted molar refractivity (Wildman–Crippen MR) is 49.8 cm³/mol. The minimum atomic E-state index is -0.605. The third-order valence-electron chi connectivity index (χ3n) is 1.81. The van der Waals surface area contributed by atoms with Gasteiger partial charge in [0.15, 0.2) is 0 Å². The molecule has 0 fully saturated rings. The summed E-state index contributed by atoms with van der Waals surface area (Å²) in [5.74, 6) is -0.858. The summed E-state index contributed by atoms with van der Waals surface area (Å²) in [5.41, 5.74) is 0.922. The summed E-state index contributed by atoms with van der Waals surface area (Å²) in [6.45, 7) is 1.98. The molecule has 0 spiro atoms. The van der Waals surface area contributed by atoms with Crippen LogP contribution in [0, 0.1) is 17.2 Å². The number of aryl methyl sites for hydroxylation is 1. The minimum Gasteiger partial charge on any atom is -0.351 e. The summed E-state index contributed by atoms with van der Waals surface area (Å²) in [4.78, 5) is 11.2. The highest BCUT2D eigenvalue weighted by Gasteiger charge is 2.10. The Morgan fingerprint density at radius 1 is 1.86 bits per heavy atom. The largest absolute Gasteiger partial charge is 0.351 e. The van der Waals surface area contributed by atoms with E-state index < -0.39 is 5.92 Å². The Bertz CT molecular complexity index is 363. The van der Waals surface area contributed by atoms with Gasteiger partial charge in [0, 0.05) is 25.4 Å². The quantitative estimate of drug-likeness (QED) is 0.743. The highest BCUT2D eigenvalue weighted by atomic mass is 16.1. The Labute approximate surface area is 82.3 Å². The van der Waals surface area contributed by atoms with Crippen molar-refractivity contribution in [1.82, 2.24) is 15.1 Å². The first-order chi connectivity index (χ1) is 6.63. The first kappa shape index (κ1) is 10.3. The summed E-state index contributed by atoms with van der Waals surface area (Å²) >= 11 is 0. The summed E-state index contributed by atoms with van der Waals surface area (Å²) in [6.07, 6.45) is 3.49. The smallest absolute Gasteiger partial charge is 0.237 e. The van der Waals surface area contributed by atoms with E-state index in [4.69, 9.17) is 5.26 Å². The molecule has 14 heavy (non-hydrogen) atoms. The second-order valence-electron chi connectivity index (χ2n) is 3.09. The van der Waals surface area contributed by atoms with Crippen LogP contribution in [0.4, 0.5) is 0 Å². The molecule has 0 radical (unpaired) electrons. The number of carbonyl (C=O) groups excluding carboxylic acids is 1. The van der Waals surface area contributed by atoms with E-state index in [0.29, 0.717) is 6.54 Å². The maximum absolute atomic E-state index is 11.2. The zero-order valence-electron chi connectivity index (χ0n) is 8.19. The fourth-order valence-corrected chi connectivity index (χ4v) is 0.964. The van der Waals surface area contributed by atoms with Crippen molar-refractivity contribution in [2.24, 2.45) is 13.0 Å². The van der Waals surface area contributed by atoms with Crippen LogP contribution < -0.4 is 5.32 Å². The van der Waals surface area contributed by atoms with Crippen molar-refractivity contribution in [2.45, 2.75) is 13.5 Å². The molecule has 0 aliphatic heterocycles. The molecule has 5 nitrogen and oxygen atoms in total. The van der Waals surface area contributed by atoms with Gasteiger partial charge in [0.05, 0.1) is 12.3 Å².